The number of halogens is 6. The van der Waals surface area contributed by atoms with Crippen LogP contribution in [0.3, 0.4) is 0 Å². The van der Waals surface area contributed by atoms with E-state index in [2.05, 4.69) is 11.1 Å². The first-order chi connectivity index (χ1) is 12.5. The number of rotatable bonds is 3. The molecule has 0 atom stereocenters. The van der Waals surface area contributed by atoms with Gasteiger partial charge in [0.25, 0.3) is 0 Å². The topological polar surface area (TPSA) is 55.1 Å². The molecule has 0 aliphatic heterocycles. The second kappa shape index (κ2) is 6.19. The minimum Gasteiger partial charge on any atom is -0.477 e. The fourth-order valence-corrected chi connectivity index (χ4v) is 2.73. The lowest BCUT2D eigenvalue weighted by molar-refractivity contribution is -0.138. The molecule has 0 radical (unpaired) electrons. The number of carbonyl (C=O) groups is 1. The molecule has 0 bridgehead atoms. The molecular weight excluding hydrogens is 378 g/mol. The summed E-state index contributed by atoms with van der Waals surface area (Å²) in [5.41, 5.74) is -4.56. The third-order valence-corrected chi connectivity index (χ3v) is 3.75. The fourth-order valence-electron chi connectivity index (χ4n) is 2.73. The van der Waals surface area contributed by atoms with Crippen molar-refractivity contribution in [3.8, 4) is 0 Å². The zero-order valence-electron chi connectivity index (χ0n) is 13.1. The maximum Gasteiger partial charge on any atom is 0.424 e. The van der Waals surface area contributed by atoms with Crippen LogP contribution in [0.1, 0.15) is 27.2 Å². The number of aromatic carboxylic acids is 1. The summed E-state index contributed by atoms with van der Waals surface area (Å²) in [6.07, 6.45) is -8.67. The van der Waals surface area contributed by atoms with Gasteiger partial charge in [-0.25, -0.2) is 4.79 Å². The van der Waals surface area contributed by atoms with E-state index in [0.717, 1.165) is 16.8 Å². The Bertz CT molecular complexity index is 1020. The van der Waals surface area contributed by atoms with Gasteiger partial charge in [-0.15, -0.1) is 0 Å². The number of fused-ring (bicyclic) bond motifs is 1. The minimum absolute atomic E-state index is 0.0851. The molecular formula is C17H8F6N2O2. The van der Waals surface area contributed by atoms with E-state index in [1.165, 1.54) is 12.1 Å². The summed E-state index contributed by atoms with van der Waals surface area (Å²) in [6.45, 7) is -0.547. The van der Waals surface area contributed by atoms with E-state index in [4.69, 9.17) is 0 Å². The second-order valence-corrected chi connectivity index (χ2v) is 5.53. The van der Waals surface area contributed by atoms with Crippen LogP contribution in [0.25, 0.3) is 11.0 Å². The molecule has 0 amide bonds. The Morgan fingerprint density at radius 3 is 2.48 bits per heavy atom. The normalized spacial score (nSPS) is 12.2. The van der Waals surface area contributed by atoms with Gasteiger partial charge in [0, 0.05) is 12.7 Å². The van der Waals surface area contributed by atoms with E-state index in [1.807, 2.05) is 6.07 Å². The van der Waals surface area contributed by atoms with Gasteiger partial charge in [-0.1, -0.05) is 12.1 Å². The number of hydrogen-bond acceptors (Lipinski definition) is 2. The molecule has 3 aromatic rings. The van der Waals surface area contributed by atoms with Gasteiger partial charge < -0.3 is 9.67 Å². The van der Waals surface area contributed by atoms with Crippen LogP contribution in [0.5, 0.6) is 0 Å². The molecule has 3 rings (SSSR count). The summed E-state index contributed by atoms with van der Waals surface area (Å²) in [6, 6.07) is 8.31. The SMILES string of the molecule is O=C(O)c1c(C(F)(F)F)c2ncccc2n1Cc1cc#cc(C(F)(F)F)c1. The van der Waals surface area contributed by atoms with Crippen molar-refractivity contribution in [2.24, 2.45) is 0 Å². The number of alkyl halides is 6. The van der Waals surface area contributed by atoms with Crippen molar-refractivity contribution >= 4 is 17.0 Å². The number of pyridine rings is 1. The highest BCUT2D eigenvalue weighted by molar-refractivity contribution is 5.97. The third-order valence-electron chi connectivity index (χ3n) is 3.75. The number of carboxylic acids is 1. The molecule has 0 aliphatic rings. The lowest BCUT2D eigenvalue weighted by Crippen LogP contribution is -2.16. The molecule has 2 heterocycles. The lowest BCUT2D eigenvalue weighted by atomic mass is 10.1. The summed E-state index contributed by atoms with van der Waals surface area (Å²) in [5, 5.41) is 9.33. The van der Waals surface area contributed by atoms with Crippen molar-refractivity contribution in [2.75, 3.05) is 0 Å². The van der Waals surface area contributed by atoms with Gasteiger partial charge in [-0.05, 0) is 29.8 Å². The maximum absolute atomic E-state index is 13.4. The molecule has 0 spiro atoms. The van der Waals surface area contributed by atoms with Crippen molar-refractivity contribution in [1.29, 1.82) is 0 Å². The number of nitrogens with zero attached hydrogens (tertiary/aromatic N) is 2. The average Bonchev–Trinajstić information content (AvgIpc) is 2.89. The molecule has 1 N–H and O–H groups in total. The lowest BCUT2D eigenvalue weighted by Gasteiger charge is -2.11. The van der Waals surface area contributed by atoms with Crippen LogP contribution < -0.4 is 0 Å². The summed E-state index contributed by atoms with van der Waals surface area (Å²) in [7, 11) is 0. The zero-order chi connectivity index (χ0) is 20.0. The Hall–Kier alpha value is -3.22. The quantitative estimate of drug-likeness (QED) is 0.678. The van der Waals surface area contributed by atoms with Crippen LogP contribution in [0, 0.1) is 12.1 Å². The Morgan fingerprint density at radius 2 is 1.89 bits per heavy atom. The van der Waals surface area contributed by atoms with Crippen molar-refractivity contribution in [3.63, 3.8) is 0 Å². The van der Waals surface area contributed by atoms with Gasteiger partial charge in [-0.2, -0.15) is 26.3 Å². The third kappa shape index (κ3) is 3.40. The van der Waals surface area contributed by atoms with E-state index in [0.29, 0.717) is 6.07 Å². The average molecular weight is 386 g/mol. The second-order valence-electron chi connectivity index (χ2n) is 5.53. The maximum atomic E-state index is 13.4. The monoisotopic (exact) mass is 386 g/mol. The van der Waals surface area contributed by atoms with Crippen molar-refractivity contribution in [2.45, 2.75) is 18.9 Å². The summed E-state index contributed by atoms with van der Waals surface area (Å²) in [5.74, 6) is -1.87. The zero-order valence-corrected chi connectivity index (χ0v) is 13.1. The molecule has 140 valence electrons. The van der Waals surface area contributed by atoms with Gasteiger partial charge in [-0.3, -0.25) is 4.98 Å². The number of aromatic nitrogens is 2. The predicted molar refractivity (Wildman–Crippen MR) is 79.9 cm³/mol. The van der Waals surface area contributed by atoms with E-state index < -0.39 is 47.2 Å². The standard InChI is InChI=1S/C17H8F6N2O2/c18-16(19,20)10-4-1-3-9(7-10)8-25-11-5-2-6-24-13(11)12(17(21,22)23)14(25)15(26)27/h2-3,5-7H,8H2,(H,26,27). The molecule has 0 unspecified atom stereocenters. The van der Waals surface area contributed by atoms with Crippen molar-refractivity contribution in [1.82, 2.24) is 9.55 Å². The van der Waals surface area contributed by atoms with Crippen LogP contribution in [-0.4, -0.2) is 20.6 Å². The summed E-state index contributed by atoms with van der Waals surface area (Å²) < 4.78 is 79.5. The number of hydrogen-bond donors (Lipinski definition) is 1. The predicted octanol–water partition coefficient (Wildman–Crippen LogP) is 4.42. The van der Waals surface area contributed by atoms with Gasteiger partial charge in [0.15, 0.2) is 0 Å². The molecule has 4 nitrogen and oxygen atoms in total. The highest BCUT2D eigenvalue weighted by Crippen LogP contribution is 2.39. The summed E-state index contributed by atoms with van der Waals surface area (Å²) >= 11 is 0. The van der Waals surface area contributed by atoms with Gasteiger partial charge >= 0.3 is 18.3 Å². The van der Waals surface area contributed by atoms with Crippen LogP contribution in [0.15, 0.2) is 30.5 Å². The Kier molecular flexibility index (Phi) is 4.26. The molecule has 0 saturated carbocycles. The largest absolute Gasteiger partial charge is 0.477 e. The highest BCUT2D eigenvalue weighted by atomic mass is 19.4. The first-order valence-electron chi connectivity index (χ1n) is 7.27. The van der Waals surface area contributed by atoms with E-state index in [9.17, 15) is 36.2 Å². The molecule has 0 aliphatic carbocycles. The number of carboxylic acid groups (broad SMARTS) is 1. The minimum atomic E-state index is -5.01. The Labute approximate surface area is 147 Å². The smallest absolute Gasteiger partial charge is 0.424 e. The molecule has 10 heteroatoms. The molecule has 0 fully saturated rings. The molecule has 1 aromatic carbocycles. The van der Waals surface area contributed by atoms with Crippen LogP contribution in [0.2, 0.25) is 0 Å². The molecule has 27 heavy (non-hydrogen) atoms. The Balaban J connectivity index is 2.24. The highest BCUT2D eigenvalue weighted by Gasteiger charge is 2.41. The Morgan fingerprint density at radius 1 is 1.19 bits per heavy atom. The van der Waals surface area contributed by atoms with Crippen LogP contribution in [-0.2, 0) is 18.9 Å². The van der Waals surface area contributed by atoms with Gasteiger partial charge in [0.2, 0.25) is 0 Å². The fraction of sp³-hybridized carbons (Fsp3) is 0.176. The molecule has 2 aromatic heterocycles. The first kappa shape index (κ1) is 18.6. The van der Waals surface area contributed by atoms with Gasteiger partial charge in [0.1, 0.15) is 22.3 Å². The van der Waals surface area contributed by atoms with E-state index in [1.54, 1.807) is 0 Å². The van der Waals surface area contributed by atoms with Crippen molar-refractivity contribution in [3.05, 3.63) is 65.0 Å². The van der Waals surface area contributed by atoms with E-state index in [-0.39, 0.29) is 11.1 Å². The molecule has 0 saturated heterocycles. The van der Waals surface area contributed by atoms with Gasteiger partial charge in [0.05, 0.1) is 5.52 Å². The summed E-state index contributed by atoms with van der Waals surface area (Å²) in [4.78, 5) is 15.1. The first-order valence-corrected chi connectivity index (χ1v) is 7.27. The van der Waals surface area contributed by atoms with Crippen LogP contribution in [0.4, 0.5) is 26.3 Å². The van der Waals surface area contributed by atoms with Crippen molar-refractivity contribution < 1.29 is 36.2 Å². The van der Waals surface area contributed by atoms with E-state index >= 15 is 0 Å². The van der Waals surface area contributed by atoms with Crippen LogP contribution >= 0.6 is 0 Å².